The summed E-state index contributed by atoms with van der Waals surface area (Å²) in [6.07, 6.45) is 2.24. The van der Waals surface area contributed by atoms with Crippen molar-refractivity contribution in [2.45, 2.75) is 31.4 Å². The molecule has 0 aromatic heterocycles. The molecule has 33 heavy (non-hydrogen) atoms. The molecule has 176 valence electrons. The minimum atomic E-state index is -0.609. The molecule has 1 saturated heterocycles. The quantitative estimate of drug-likeness (QED) is 0.740. The molecule has 1 unspecified atom stereocenters. The van der Waals surface area contributed by atoms with E-state index in [2.05, 4.69) is 29.4 Å². The van der Waals surface area contributed by atoms with Crippen LogP contribution in [0.4, 0.5) is 16.2 Å². The summed E-state index contributed by atoms with van der Waals surface area (Å²) in [5.41, 5.74) is 4.08. The minimum absolute atomic E-state index is 0.189. The van der Waals surface area contributed by atoms with Gasteiger partial charge in [0.2, 0.25) is 5.91 Å². The van der Waals surface area contributed by atoms with Crippen molar-refractivity contribution in [3.8, 4) is 0 Å². The zero-order valence-electron chi connectivity index (χ0n) is 19.4. The maximum Gasteiger partial charge on any atom is 0.324 e. The molecule has 7 nitrogen and oxygen atoms in total. The highest BCUT2D eigenvalue weighted by Crippen LogP contribution is 2.26. The largest absolute Gasteiger partial charge is 0.380 e. The smallest absolute Gasteiger partial charge is 0.324 e. The van der Waals surface area contributed by atoms with Crippen molar-refractivity contribution in [1.82, 2.24) is 9.80 Å². The lowest BCUT2D eigenvalue weighted by Gasteiger charge is -2.29. The SMILES string of the molecule is COC1C[C@H](C(=O)Nc2ccc3c(c2)CCN(C)CC3)N(C(=O)N(C)c2ccc(Cl)cc2)C1. The third-order valence-corrected chi connectivity index (χ3v) is 6.90. The lowest BCUT2D eigenvalue weighted by atomic mass is 10.0. The summed E-state index contributed by atoms with van der Waals surface area (Å²) in [7, 11) is 5.44. The van der Waals surface area contributed by atoms with Crippen molar-refractivity contribution < 1.29 is 14.3 Å². The van der Waals surface area contributed by atoms with Crippen LogP contribution in [0.25, 0.3) is 0 Å². The molecule has 2 aliphatic rings. The molecule has 1 fully saturated rings. The third kappa shape index (κ3) is 5.32. The van der Waals surface area contributed by atoms with E-state index < -0.39 is 6.04 Å². The molecule has 2 aromatic carbocycles. The molecule has 2 atom stereocenters. The van der Waals surface area contributed by atoms with E-state index in [0.29, 0.717) is 23.7 Å². The maximum absolute atomic E-state index is 13.3. The number of urea groups is 1. The molecule has 1 N–H and O–H groups in total. The molecule has 0 bridgehead atoms. The predicted molar refractivity (Wildman–Crippen MR) is 131 cm³/mol. The molecule has 8 heteroatoms. The van der Waals surface area contributed by atoms with E-state index in [9.17, 15) is 9.59 Å². The van der Waals surface area contributed by atoms with E-state index in [-0.39, 0.29) is 18.0 Å². The van der Waals surface area contributed by atoms with Gasteiger partial charge in [0, 0.05) is 56.6 Å². The summed E-state index contributed by atoms with van der Waals surface area (Å²) >= 11 is 5.98. The Labute approximate surface area is 200 Å². The number of halogens is 1. The van der Waals surface area contributed by atoms with Crippen LogP contribution >= 0.6 is 11.6 Å². The Balaban J connectivity index is 1.49. The second kappa shape index (κ2) is 10.1. The van der Waals surface area contributed by atoms with E-state index >= 15 is 0 Å². The van der Waals surface area contributed by atoms with Gasteiger partial charge in [-0.2, -0.15) is 0 Å². The van der Waals surface area contributed by atoms with Crippen molar-refractivity contribution in [1.29, 1.82) is 0 Å². The number of fused-ring (bicyclic) bond motifs is 1. The number of likely N-dealkylation sites (tertiary alicyclic amines) is 1. The van der Waals surface area contributed by atoms with E-state index in [4.69, 9.17) is 16.3 Å². The topological polar surface area (TPSA) is 65.1 Å². The molecule has 2 aromatic rings. The number of methoxy groups -OCH3 is 1. The van der Waals surface area contributed by atoms with Crippen LogP contribution in [0.3, 0.4) is 0 Å². The number of benzene rings is 2. The molecular formula is C25H31ClN4O3. The summed E-state index contributed by atoms with van der Waals surface area (Å²) in [5, 5.41) is 3.65. The van der Waals surface area contributed by atoms with Gasteiger partial charge >= 0.3 is 6.03 Å². The summed E-state index contributed by atoms with van der Waals surface area (Å²) in [5.74, 6) is -0.196. The molecule has 0 aliphatic carbocycles. The Morgan fingerprint density at radius 2 is 1.79 bits per heavy atom. The number of ether oxygens (including phenoxy) is 1. The number of hydrogen-bond acceptors (Lipinski definition) is 4. The average Bonchev–Trinajstić information content (AvgIpc) is 3.17. The van der Waals surface area contributed by atoms with Gasteiger partial charge in [0.15, 0.2) is 0 Å². The summed E-state index contributed by atoms with van der Waals surface area (Å²) in [4.78, 5) is 32.0. The normalized spacial score (nSPS) is 20.8. The number of nitrogens with one attached hydrogen (secondary N) is 1. The monoisotopic (exact) mass is 470 g/mol. The van der Waals surface area contributed by atoms with Crippen LogP contribution in [-0.2, 0) is 22.4 Å². The first-order chi connectivity index (χ1) is 15.9. The van der Waals surface area contributed by atoms with Gasteiger partial charge in [-0.1, -0.05) is 17.7 Å². The molecule has 4 rings (SSSR count). The first kappa shape index (κ1) is 23.5. The first-order valence-corrected chi connectivity index (χ1v) is 11.7. The lowest BCUT2D eigenvalue weighted by molar-refractivity contribution is -0.119. The highest BCUT2D eigenvalue weighted by Gasteiger charge is 2.41. The maximum atomic E-state index is 13.3. The number of carbonyl (C=O) groups is 2. The van der Waals surface area contributed by atoms with Gasteiger partial charge in [0.25, 0.3) is 0 Å². The average molecular weight is 471 g/mol. The van der Waals surface area contributed by atoms with Crippen LogP contribution in [0.15, 0.2) is 42.5 Å². The molecule has 2 heterocycles. The van der Waals surface area contributed by atoms with Crippen molar-refractivity contribution >= 4 is 34.9 Å². The van der Waals surface area contributed by atoms with Crippen molar-refractivity contribution in [2.75, 3.05) is 51.1 Å². The van der Waals surface area contributed by atoms with Gasteiger partial charge in [0.05, 0.1) is 6.10 Å². The zero-order chi connectivity index (χ0) is 23.5. The molecule has 0 spiro atoms. The number of carbonyl (C=O) groups excluding carboxylic acids is 2. The molecular weight excluding hydrogens is 440 g/mol. The summed E-state index contributed by atoms with van der Waals surface area (Å²) in [6.45, 7) is 2.40. The Kier molecular flexibility index (Phi) is 7.22. The van der Waals surface area contributed by atoms with Crippen LogP contribution in [0, 0.1) is 0 Å². The van der Waals surface area contributed by atoms with E-state index in [1.54, 1.807) is 43.3 Å². The number of likely N-dealkylation sites (N-methyl/N-ethyl adjacent to an activating group) is 1. The fraction of sp³-hybridized carbons (Fsp3) is 0.440. The Hall–Kier alpha value is -2.61. The standard InChI is InChI=1S/C25H31ClN4O3/c1-28-12-10-17-4-7-20(14-18(17)11-13-28)27-24(31)23-15-22(33-3)16-30(23)25(32)29(2)21-8-5-19(26)6-9-21/h4-9,14,22-23H,10-13,15-16H2,1-3H3,(H,27,31)/t22?,23-/m1/s1. The number of anilines is 2. The van der Waals surface area contributed by atoms with Gasteiger partial charge in [-0.3, -0.25) is 9.69 Å². The third-order valence-electron chi connectivity index (χ3n) is 6.64. The Bertz CT molecular complexity index is 1010. The van der Waals surface area contributed by atoms with E-state index in [1.807, 2.05) is 6.07 Å². The van der Waals surface area contributed by atoms with Gasteiger partial charge in [-0.15, -0.1) is 0 Å². The fourth-order valence-corrected chi connectivity index (χ4v) is 4.66. The number of nitrogens with zero attached hydrogens (tertiary/aromatic N) is 3. The van der Waals surface area contributed by atoms with E-state index in [0.717, 1.165) is 31.6 Å². The van der Waals surface area contributed by atoms with Gasteiger partial charge in [0.1, 0.15) is 6.04 Å². The van der Waals surface area contributed by atoms with E-state index in [1.165, 1.54) is 16.0 Å². The second-order valence-electron chi connectivity index (χ2n) is 8.86. The molecule has 0 radical (unpaired) electrons. The number of rotatable bonds is 4. The Morgan fingerprint density at radius 1 is 1.09 bits per heavy atom. The molecule has 0 saturated carbocycles. The summed E-state index contributed by atoms with van der Waals surface area (Å²) in [6, 6.07) is 12.3. The number of hydrogen-bond donors (Lipinski definition) is 1. The van der Waals surface area contributed by atoms with Gasteiger partial charge in [-0.25, -0.2) is 4.79 Å². The molecule has 2 aliphatic heterocycles. The predicted octanol–water partition coefficient (Wildman–Crippen LogP) is 3.65. The van der Waals surface area contributed by atoms with Gasteiger partial charge in [-0.05, 0) is 67.4 Å². The van der Waals surface area contributed by atoms with Crippen molar-refractivity contribution in [3.63, 3.8) is 0 Å². The van der Waals surface area contributed by atoms with Crippen LogP contribution in [-0.4, -0.2) is 74.7 Å². The van der Waals surface area contributed by atoms with Crippen molar-refractivity contribution in [2.24, 2.45) is 0 Å². The lowest BCUT2D eigenvalue weighted by Crippen LogP contribution is -2.48. The number of amides is 3. The Morgan fingerprint density at radius 3 is 2.48 bits per heavy atom. The van der Waals surface area contributed by atoms with Crippen LogP contribution < -0.4 is 10.2 Å². The van der Waals surface area contributed by atoms with Crippen LogP contribution in [0.1, 0.15) is 17.5 Å². The fourth-order valence-electron chi connectivity index (χ4n) is 4.54. The van der Waals surface area contributed by atoms with Crippen LogP contribution in [0.2, 0.25) is 5.02 Å². The highest BCUT2D eigenvalue weighted by atomic mass is 35.5. The van der Waals surface area contributed by atoms with Crippen LogP contribution in [0.5, 0.6) is 0 Å². The second-order valence-corrected chi connectivity index (χ2v) is 9.29. The first-order valence-electron chi connectivity index (χ1n) is 11.3. The van der Waals surface area contributed by atoms with Crippen molar-refractivity contribution in [3.05, 3.63) is 58.6 Å². The zero-order valence-corrected chi connectivity index (χ0v) is 20.1. The highest BCUT2D eigenvalue weighted by molar-refractivity contribution is 6.30. The molecule has 3 amide bonds. The summed E-state index contributed by atoms with van der Waals surface area (Å²) < 4.78 is 5.51. The minimum Gasteiger partial charge on any atom is -0.380 e. The van der Waals surface area contributed by atoms with Gasteiger partial charge < -0.3 is 19.9 Å².